The molecule has 6 heteroatoms. The van der Waals surface area contributed by atoms with Gasteiger partial charge < -0.3 is 9.80 Å². The summed E-state index contributed by atoms with van der Waals surface area (Å²) < 4.78 is 0.927. The molecule has 108 valence electrons. The maximum atomic E-state index is 12.2. The summed E-state index contributed by atoms with van der Waals surface area (Å²) in [4.78, 5) is 16.5. The number of thiocarbonyl (C=S) groups is 1. The van der Waals surface area contributed by atoms with E-state index in [0.29, 0.717) is 10.7 Å². The number of halogens is 1. The Kier molecular flexibility index (Phi) is 5.12. The number of nitrogens with zero attached hydrogens (tertiary/aromatic N) is 2. The predicted octanol–water partition coefficient (Wildman–Crippen LogP) is 2.02. The van der Waals surface area contributed by atoms with Gasteiger partial charge in [-0.05, 0) is 43.9 Å². The smallest absolute Gasteiger partial charge is 0.257 e. The van der Waals surface area contributed by atoms with Crippen LogP contribution in [-0.4, -0.2) is 54.0 Å². The molecule has 0 spiro atoms. The van der Waals surface area contributed by atoms with Gasteiger partial charge in [0.05, 0.1) is 0 Å². The van der Waals surface area contributed by atoms with Crippen molar-refractivity contribution in [1.29, 1.82) is 0 Å². The van der Waals surface area contributed by atoms with Gasteiger partial charge in [0, 0.05) is 36.2 Å². The van der Waals surface area contributed by atoms with Gasteiger partial charge in [-0.25, -0.2) is 0 Å². The number of piperazine rings is 1. The number of hydrogen-bond donors (Lipinski definition) is 1. The van der Waals surface area contributed by atoms with E-state index in [1.165, 1.54) is 0 Å². The van der Waals surface area contributed by atoms with E-state index in [4.69, 9.17) is 12.2 Å². The van der Waals surface area contributed by atoms with Crippen molar-refractivity contribution in [2.45, 2.75) is 6.92 Å². The zero-order valence-corrected chi connectivity index (χ0v) is 14.1. The minimum Gasteiger partial charge on any atom is -0.346 e. The number of nitrogens with one attached hydrogen (secondary N) is 1. The molecule has 0 radical (unpaired) electrons. The SMILES string of the molecule is Cc1ccc(C(=O)NC(=S)N2CCN(C)CC2)cc1Br. The predicted molar refractivity (Wildman–Crippen MR) is 88.0 cm³/mol. The second-order valence-corrected chi connectivity index (χ2v) is 6.25. The summed E-state index contributed by atoms with van der Waals surface area (Å²) >= 11 is 8.75. The number of hydrogen-bond acceptors (Lipinski definition) is 3. The molecule has 1 N–H and O–H groups in total. The van der Waals surface area contributed by atoms with Gasteiger partial charge in [-0.15, -0.1) is 0 Å². The average molecular weight is 356 g/mol. The lowest BCUT2D eigenvalue weighted by Crippen LogP contribution is -2.51. The van der Waals surface area contributed by atoms with E-state index in [-0.39, 0.29) is 5.91 Å². The molecule has 0 saturated carbocycles. The Bertz CT molecular complexity index is 527. The van der Waals surface area contributed by atoms with Crippen molar-refractivity contribution in [3.63, 3.8) is 0 Å². The zero-order valence-electron chi connectivity index (χ0n) is 11.6. The van der Waals surface area contributed by atoms with Gasteiger partial charge in [0.15, 0.2) is 5.11 Å². The number of likely N-dealkylation sites (N-methyl/N-ethyl adjacent to an activating group) is 1. The standard InChI is InChI=1S/C14H18BrN3OS/c1-10-3-4-11(9-12(10)15)13(19)16-14(20)18-7-5-17(2)6-8-18/h3-4,9H,5-8H2,1-2H3,(H,16,19,20). The lowest BCUT2D eigenvalue weighted by atomic mass is 10.1. The van der Waals surface area contributed by atoms with E-state index in [2.05, 4.69) is 33.2 Å². The molecule has 0 atom stereocenters. The average Bonchev–Trinajstić information content (AvgIpc) is 2.42. The highest BCUT2D eigenvalue weighted by Gasteiger charge is 2.18. The molecule has 2 rings (SSSR count). The number of benzene rings is 1. The molecule has 1 heterocycles. The summed E-state index contributed by atoms with van der Waals surface area (Å²) in [7, 11) is 2.09. The number of amides is 1. The van der Waals surface area contributed by atoms with E-state index < -0.39 is 0 Å². The molecule has 0 bridgehead atoms. The van der Waals surface area contributed by atoms with Crippen LogP contribution in [0.5, 0.6) is 0 Å². The Morgan fingerprint density at radius 2 is 1.95 bits per heavy atom. The molecule has 1 fully saturated rings. The fourth-order valence-electron chi connectivity index (χ4n) is 1.99. The first-order valence-corrected chi connectivity index (χ1v) is 7.72. The summed E-state index contributed by atoms with van der Waals surface area (Å²) in [6, 6.07) is 5.54. The van der Waals surface area contributed by atoms with Crippen molar-refractivity contribution in [1.82, 2.24) is 15.1 Å². The van der Waals surface area contributed by atoms with E-state index in [1.807, 2.05) is 30.0 Å². The third-order valence-corrected chi connectivity index (χ3v) is 4.66. The highest BCUT2D eigenvalue weighted by molar-refractivity contribution is 9.10. The van der Waals surface area contributed by atoms with Gasteiger partial charge in [-0.1, -0.05) is 22.0 Å². The topological polar surface area (TPSA) is 35.6 Å². The summed E-state index contributed by atoms with van der Waals surface area (Å²) in [5.41, 5.74) is 1.71. The molecule has 1 aliphatic rings. The zero-order chi connectivity index (χ0) is 14.7. The summed E-state index contributed by atoms with van der Waals surface area (Å²) in [6.07, 6.45) is 0. The highest BCUT2D eigenvalue weighted by Crippen LogP contribution is 2.17. The van der Waals surface area contributed by atoms with Crippen LogP contribution in [0.3, 0.4) is 0 Å². The maximum absolute atomic E-state index is 12.2. The summed E-state index contributed by atoms with van der Waals surface area (Å²) in [5.74, 6) is -0.158. The monoisotopic (exact) mass is 355 g/mol. The fraction of sp³-hybridized carbons (Fsp3) is 0.429. The quantitative estimate of drug-likeness (QED) is 0.781. The van der Waals surface area contributed by atoms with Crippen LogP contribution in [0.15, 0.2) is 22.7 Å². The van der Waals surface area contributed by atoms with E-state index in [9.17, 15) is 4.79 Å². The minimum atomic E-state index is -0.158. The van der Waals surface area contributed by atoms with Gasteiger partial charge in [0.2, 0.25) is 0 Å². The first-order chi connectivity index (χ1) is 9.47. The molecule has 1 aliphatic heterocycles. The van der Waals surface area contributed by atoms with Crippen molar-refractivity contribution < 1.29 is 4.79 Å². The number of aryl methyl sites for hydroxylation is 1. The Labute approximate surface area is 133 Å². The molecule has 20 heavy (non-hydrogen) atoms. The van der Waals surface area contributed by atoms with Crippen LogP contribution in [0.1, 0.15) is 15.9 Å². The normalized spacial score (nSPS) is 16.1. The molecular weight excluding hydrogens is 338 g/mol. The van der Waals surface area contributed by atoms with Crippen molar-refractivity contribution in [2.24, 2.45) is 0 Å². The highest BCUT2D eigenvalue weighted by atomic mass is 79.9. The van der Waals surface area contributed by atoms with Gasteiger partial charge in [-0.2, -0.15) is 0 Å². The Hall–Kier alpha value is -0.980. The molecule has 0 aromatic heterocycles. The Morgan fingerprint density at radius 1 is 1.30 bits per heavy atom. The van der Waals surface area contributed by atoms with Gasteiger partial charge in [-0.3, -0.25) is 10.1 Å². The third-order valence-electron chi connectivity index (χ3n) is 3.44. The molecular formula is C14H18BrN3OS. The van der Waals surface area contributed by atoms with Crippen LogP contribution in [0.4, 0.5) is 0 Å². The molecule has 1 aromatic rings. The molecule has 4 nitrogen and oxygen atoms in total. The molecule has 0 aliphatic carbocycles. The second-order valence-electron chi connectivity index (χ2n) is 5.01. The third kappa shape index (κ3) is 3.77. The Balaban J connectivity index is 1.97. The first-order valence-electron chi connectivity index (χ1n) is 6.52. The van der Waals surface area contributed by atoms with Crippen molar-refractivity contribution in [3.05, 3.63) is 33.8 Å². The van der Waals surface area contributed by atoms with Gasteiger partial charge in [0.25, 0.3) is 5.91 Å². The van der Waals surface area contributed by atoms with Gasteiger partial charge in [0.1, 0.15) is 0 Å². The number of carbonyl (C=O) groups excluding carboxylic acids is 1. The number of rotatable bonds is 1. The lowest BCUT2D eigenvalue weighted by Gasteiger charge is -2.33. The maximum Gasteiger partial charge on any atom is 0.257 e. The van der Waals surface area contributed by atoms with Crippen LogP contribution in [-0.2, 0) is 0 Å². The van der Waals surface area contributed by atoms with Crippen molar-refractivity contribution in [3.8, 4) is 0 Å². The van der Waals surface area contributed by atoms with Crippen LogP contribution in [0, 0.1) is 6.92 Å². The van der Waals surface area contributed by atoms with Crippen LogP contribution >= 0.6 is 28.1 Å². The van der Waals surface area contributed by atoms with E-state index >= 15 is 0 Å². The molecule has 1 aromatic carbocycles. The number of carbonyl (C=O) groups is 1. The summed E-state index contributed by atoms with van der Waals surface area (Å²) in [6.45, 7) is 5.62. The van der Waals surface area contributed by atoms with Gasteiger partial charge >= 0.3 is 0 Å². The second kappa shape index (κ2) is 6.65. The van der Waals surface area contributed by atoms with Crippen LogP contribution < -0.4 is 5.32 Å². The van der Waals surface area contributed by atoms with Crippen LogP contribution in [0.25, 0.3) is 0 Å². The minimum absolute atomic E-state index is 0.158. The first kappa shape index (κ1) is 15.4. The molecule has 1 amide bonds. The van der Waals surface area contributed by atoms with E-state index in [1.54, 1.807) is 0 Å². The van der Waals surface area contributed by atoms with Crippen LogP contribution in [0.2, 0.25) is 0 Å². The summed E-state index contributed by atoms with van der Waals surface area (Å²) in [5, 5.41) is 3.32. The Morgan fingerprint density at radius 3 is 2.55 bits per heavy atom. The lowest BCUT2D eigenvalue weighted by molar-refractivity contribution is 0.0970. The molecule has 1 saturated heterocycles. The van der Waals surface area contributed by atoms with Crippen molar-refractivity contribution >= 4 is 39.2 Å². The van der Waals surface area contributed by atoms with E-state index in [0.717, 1.165) is 36.2 Å². The van der Waals surface area contributed by atoms with Crippen molar-refractivity contribution in [2.75, 3.05) is 33.2 Å². The largest absolute Gasteiger partial charge is 0.346 e. The molecule has 0 unspecified atom stereocenters. The fourth-order valence-corrected chi connectivity index (χ4v) is 2.65.